The van der Waals surface area contributed by atoms with Crippen LogP contribution in [0.2, 0.25) is 0 Å². The van der Waals surface area contributed by atoms with Crippen molar-refractivity contribution in [3.8, 4) is 0 Å². The van der Waals surface area contributed by atoms with Crippen molar-refractivity contribution in [3.63, 3.8) is 0 Å². The Hall–Kier alpha value is -1.89. The largest absolute Gasteiger partial charge is 0.280 e. The predicted molar refractivity (Wildman–Crippen MR) is 80.5 cm³/mol. The van der Waals surface area contributed by atoms with Gasteiger partial charge in [0.25, 0.3) is 0 Å². The SMILES string of the molecule is CC1=C2C=CCN=C2C2=C1C(C)(C)c1ccccc12. The Kier molecular flexibility index (Phi) is 1.94. The van der Waals surface area contributed by atoms with Gasteiger partial charge in [-0.05, 0) is 29.2 Å². The van der Waals surface area contributed by atoms with E-state index >= 15 is 0 Å². The molecule has 1 aromatic rings. The molecule has 0 fully saturated rings. The molecule has 19 heavy (non-hydrogen) atoms. The van der Waals surface area contributed by atoms with E-state index in [1.165, 1.54) is 39.1 Å². The second kappa shape index (κ2) is 3.36. The van der Waals surface area contributed by atoms with Crippen LogP contribution in [0.15, 0.2) is 58.1 Å². The van der Waals surface area contributed by atoms with Gasteiger partial charge >= 0.3 is 0 Å². The van der Waals surface area contributed by atoms with E-state index < -0.39 is 0 Å². The van der Waals surface area contributed by atoms with Gasteiger partial charge in [0.15, 0.2) is 0 Å². The van der Waals surface area contributed by atoms with Gasteiger partial charge in [-0.15, -0.1) is 0 Å². The maximum Gasteiger partial charge on any atom is 0.0734 e. The third kappa shape index (κ3) is 1.18. The van der Waals surface area contributed by atoms with E-state index in [-0.39, 0.29) is 5.41 Å². The Balaban J connectivity index is 2.07. The molecule has 0 spiro atoms. The average molecular weight is 247 g/mol. The molecule has 0 bridgehead atoms. The van der Waals surface area contributed by atoms with Crippen molar-refractivity contribution in [1.29, 1.82) is 0 Å². The fourth-order valence-electron chi connectivity index (χ4n) is 3.86. The number of rotatable bonds is 0. The number of hydrogen-bond acceptors (Lipinski definition) is 1. The Morgan fingerprint density at radius 1 is 1.16 bits per heavy atom. The van der Waals surface area contributed by atoms with Crippen LogP contribution in [-0.2, 0) is 5.41 Å². The summed E-state index contributed by atoms with van der Waals surface area (Å²) in [5, 5.41) is 0. The number of aliphatic imine (C=N–C) groups is 1. The van der Waals surface area contributed by atoms with Crippen LogP contribution in [0.25, 0.3) is 5.57 Å². The minimum atomic E-state index is 0.0940. The number of fused-ring (bicyclic) bond motifs is 4. The molecule has 1 aliphatic heterocycles. The maximum absolute atomic E-state index is 4.76. The molecule has 4 rings (SSSR count). The Morgan fingerprint density at radius 2 is 1.95 bits per heavy atom. The zero-order valence-corrected chi connectivity index (χ0v) is 11.6. The summed E-state index contributed by atoms with van der Waals surface area (Å²) in [5.41, 5.74) is 9.74. The summed E-state index contributed by atoms with van der Waals surface area (Å²) < 4.78 is 0. The first-order chi connectivity index (χ1) is 9.12. The van der Waals surface area contributed by atoms with Crippen LogP contribution in [0.5, 0.6) is 0 Å². The summed E-state index contributed by atoms with van der Waals surface area (Å²) in [7, 11) is 0. The van der Waals surface area contributed by atoms with E-state index in [2.05, 4.69) is 57.2 Å². The van der Waals surface area contributed by atoms with E-state index in [1.54, 1.807) is 0 Å². The molecule has 0 N–H and O–H groups in total. The second-order valence-corrected chi connectivity index (χ2v) is 6.05. The molecule has 1 aromatic carbocycles. The van der Waals surface area contributed by atoms with E-state index in [0.717, 1.165) is 6.54 Å². The van der Waals surface area contributed by atoms with E-state index in [0.29, 0.717) is 0 Å². The lowest BCUT2D eigenvalue weighted by atomic mass is 9.78. The summed E-state index contributed by atoms with van der Waals surface area (Å²) in [6.07, 6.45) is 4.40. The van der Waals surface area contributed by atoms with Crippen LogP contribution in [0, 0.1) is 0 Å². The van der Waals surface area contributed by atoms with Crippen LogP contribution >= 0.6 is 0 Å². The lowest BCUT2D eigenvalue weighted by Gasteiger charge is -2.25. The second-order valence-electron chi connectivity index (χ2n) is 6.05. The van der Waals surface area contributed by atoms with Crippen molar-refractivity contribution in [3.05, 3.63) is 64.3 Å². The monoisotopic (exact) mass is 247 g/mol. The van der Waals surface area contributed by atoms with Crippen molar-refractivity contribution in [1.82, 2.24) is 0 Å². The van der Waals surface area contributed by atoms with E-state index in [9.17, 15) is 0 Å². The summed E-state index contributed by atoms with van der Waals surface area (Å²) in [5.74, 6) is 0. The fourth-order valence-corrected chi connectivity index (χ4v) is 3.86. The summed E-state index contributed by atoms with van der Waals surface area (Å²) in [6.45, 7) is 7.72. The van der Waals surface area contributed by atoms with Crippen molar-refractivity contribution >= 4 is 11.3 Å². The molecule has 0 atom stereocenters. The predicted octanol–water partition coefficient (Wildman–Crippen LogP) is 4.07. The van der Waals surface area contributed by atoms with Crippen molar-refractivity contribution in [2.24, 2.45) is 4.99 Å². The van der Waals surface area contributed by atoms with E-state index in [1.807, 2.05) is 0 Å². The van der Waals surface area contributed by atoms with Gasteiger partial charge in [-0.3, -0.25) is 4.99 Å². The normalized spacial score (nSPS) is 22.4. The first kappa shape index (κ1) is 11.0. The quantitative estimate of drug-likeness (QED) is 0.655. The molecular formula is C18H17N. The molecule has 1 nitrogen and oxygen atoms in total. The standard InChI is InChI=1S/C18H17N/c1-11-12-8-6-10-19-17(12)15-13-7-4-5-9-14(13)18(2,3)16(11)15/h4-9H,10H2,1-3H3. The average Bonchev–Trinajstić information content (AvgIpc) is 2.85. The first-order valence-electron chi connectivity index (χ1n) is 6.90. The molecule has 0 saturated carbocycles. The highest BCUT2D eigenvalue weighted by Crippen LogP contribution is 2.54. The zero-order chi connectivity index (χ0) is 13.2. The third-order valence-corrected chi connectivity index (χ3v) is 4.66. The highest BCUT2D eigenvalue weighted by atomic mass is 14.8. The maximum atomic E-state index is 4.76. The number of allylic oxidation sites excluding steroid dienone is 5. The van der Waals surface area contributed by atoms with Gasteiger partial charge in [-0.25, -0.2) is 0 Å². The van der Waals surface area contributed by atoms with Gasteiger partial charge in [0, 0.05) is 16.6 Å². The molecule has 0 unspecified atom stereocenters. The number of nitrogens with zero attached hydrogens (tertiary/aromatic N) is 1. The van der Waals surface area contributed by atoms with Crippen LogP contribution in [0.3, 0.4) is 0 Å². The molecule has 2 aliphatic carbocycles. The molecule has 0 amide bonds. The third-order valence-electron chi connectivity index (χ3n) is 4.66. The summed E-state index contributed by atoms with van der Waals surface area (Å²) in [4.78, 5) is 4.76. The molecular weight excluding hydrogens is 230 g/mol. The lowest BCUT2D eigenvalue weighted by Crippen LogP contribution is -2.18. The van der Waals surface area contributed by atoms with Crippen LogP contribution in [0.4, 0.5) is 0 Å². The zero-order valence-electron chi connectivity index (χ0n) is 11.6. The van der Waals surface area contributed by atoms with Gasteiger partial charge in [-0.1, -0.05) is 50.3 Å². The number of benzene rings is 1. The Bertz CT molecular complexity index is 724. The molecule has 3 aliphatic rings. The molecule has 94 valence electrons. The van der Waals surface area contributed by atoms with Gasteiger partial charge in [0.2, 0.25) is 0 Å². The van der Waals surface area contributed by atoms with Gasteiger partial charge in [-0.2, -0.15) is 0 Å². The van der Waals surface area contributed by atoms with Crippen molar-refractivity contribution in [2.45, 2.75) is 26.2 Å². The number of hydrogen-bond donors (Lipinski definition) is 0. The Morgan fingerprint density at radius 3 is 2.79 bits per heavy atom. The summed E-state index contributed by atoms with van der Waals surface area (Å²) in [6, 6.07) is 8.79. The smallest absolute Gasteiger partial charge is 0.0734 e. The summed E-state index contributed by atoms with van der Waals surface area (Å²) >= 11 is 0. The van der Waals surface area contributed by atoms with Gasteiger partial charge < -0.3 is 0 Å². The van der Waals surface area contributed by atoms with Gasteiger partial charge in [0.05, 0.1) is 12.3 Å². The molecule has 0 aromatic heterocycles. The van der Waals surface area contributed by atoms with E-state index in [4.69, 9.17) is 4.99 Å². The van der Waals surface area contributed by atoms with Crippen LogP contribution in [-0.4, -0.2) is 12.3 Å². The molecule has 1 heteroatoms. The molecule has 0 radical (unpaired) electrons. The number of dihydropyridines is 1. The molecule has 1 heterocycles. The minimum Gasteiger partial charge on any atom is -0.280 e. The topological polar surface area (TPSA) is 12.4 Å². The first-order valence-corrected chi connectivity index (χ1v) is 6.90. The lowest BCUT2D eigenvalue weighted by molar-refractivity contribution is 0.646. The molecule has 0 saturated heterocycles. The van der Waals surface area contributed by atoms with Gasteiger partial charge in [0.1, 0.15) is 0 Å². The Labute approximate surface area is 114 Å². The van der Waals surface area contributed by atoms with Crippen LogP contribution in [0.1, 0.15) is 31.9 Å². The van der Waals surface area contributed by atoms with Crippen LogP contribution < -0.4 is 0 Å². The fraction of sp³-hybridized carbons (Fsp3) is 0.278. The van der Waals surface area contributed by atoms with Crippen molar-refractivity contribution < 1.29 is 0 Å². The van der Waals surface area contributed by atoms with Crippen molar-refractivity contribution in [2.75, 3.05) is 6.54 Å². The minimum absolute atomic E-state index is 0.0940. The highest BCUT2D eigenvalue weighted by Gasteiger charge is 2.44. The highest BCUT2D eigenvalue weighted by molar-refractivity contribution is 6.38.